The fraction of sp³-hybridized carbons (Fsp3) is 0.400. The smallest absolute Gasteiger partial charge is 0.119 e. The molecule has 1 aromatic carbocycles. The van der Waals surface area contributed by atoms with Crippen LogP contribution in [-0.4, -0.2) is 18.2 Å². The molecule has 0 bridgehead atoms. The van der Waals surface area contributed by atoms with Crippen molar-refractivity contribution in [3.05, 3.63) is 24.3 Å². The number of ether oxygens (including phenoxy) is 1. The first-order chi connectivity index (χ1) is 6.36. The molecule has 0 amide bonds. The second kappa shape index (κ2) is 6.33. The lowest BCUT2D eigenvalue weighted by Crippen LogP contribution is -1.97. The molecule has 0 spiro atoms. The van der Waals surface area contributed by atoms with Gasteiger partial charge in [-0.15, -0.1) is 11.8 Å². The maximum atomic E-state index is 5.51. The van der Waals surface area contributed by atoms with Gasteiger partial charge in [0.25, 0.3) is 0 Å². The van der Waals surface area contributed by atoms with Crippen molar-refractivity contribution >= 4 is 27.7 Å². The van der Waals surface area contributed by atoms with Crippen LogP contribution in [0.5, 0.6) is 5.75 Å². The zero-order valence-corrected chi connectivity index (χ0v) is 10.0. The van der Waals surface area contributed by atoms with Gasteiger partial charge in [-0.2, -0.15) is 0 Å². The monoisotopic (exact) mass is 260 g/mol. The van der Waals surface area contributed by atoms with Crippen LogP contribution in [0.2, 0.25) is 0 Å². The van der Waals surface area contributed by atoms with Crippen molar-refractivity contribution in [3.8, 4) is 5.75 Å². The molecule has 13 heavy (non-hydrogen) atoms. The Hall–Kier alpha value is -0.150. The van der Waals surface area contributed by atoms with Crippen molar-refractivity contribution in [1.82, 2.24) is 0 Å². The summed E-state index contributed by atoms with van der Waals surface area (Å²) in [5.74, 6) is 0.957. The van der Waals surface area contributed by atoms with Crippen LogP contribution >= 0.6 is 27.7 Å². The van der Waals surface area contributed by atoms with Crippen molar-refractivity contribution < 1.29 is 4.74 Å². The number of rotatable bonds is 5. The molecular formula is C10H13BrOS. The predicted octanol–water partition coefficient (Wildman–Crippen LogP) is 3.57. The molecule has 0 aliphatic heterocycles. The van der Waals surface area contributed by atoms with Gasteiger partial charge < -0.3 is 4.74 Å². The number of benzene rings is 1. The van der Waals surface area contributed by atoms with E-state index < -0.39 is 0 Å². The van der Waals surface area contributed by atoms with Crippen LogP contribution in [0.25, 0.3) is 0 Å². The Bertz CT molecular complexity index is 235. The Labute approximate surface area is 92.0 Å². The van der Waals surface area contributed by atoms with Crippen LogP contribution in [0.4, 0.5) is 0 Å². The average Bonchev–Trinajstić information content (AvgIpc) is 2.19. The van der Waals surface area contributed by atoms with Gasteiger partial charge in [0.1, 0.15) is 5.75 Å². The minimum Gasteiger partial charge on any atom is -0.494 e. The standard InChI is InChI=1S/C10H13BrOS/c1-13-10-5-3-9(4-6-10)12-8-2-7-11/h3-6H,2,7-8H2,1H3. The van der Waals surface area contributed by atoms with Crippen molar-refractivity contribution in [2.24, 2.45) is 0 Å². The molecule has 0 heterocycles. The van der Waals surface area contributed by atoms with Crippen LogP contribution in [0.3, 0.4) is 0 Å². The Morgan fingerprint density at radius 3 is 2.54 bits per heavy atom. The molecule has 1 aromatic rings. The summed E-state index contributed by atoms with van der Waals surface area (Å²) in [4.78, 5) is 1.27. The number of hydrogen-bond donors (Lipinski definition) is 0. The van der Waals surface area contributed by atoms with E-state index in [9.17, 15) is 0 Å². The van der Waals surface area contributed by atoms with Crippen molar-refractivity contribution in [2.75, 3.05) is 18.2 Å². The molecular weight excluding hydrogens is 248 g/mol. The first kappa shape index (κ1) is 10.9. The molecule has 0 atom stereocenters. The summed E-state index contributed by atoms with van der Waals surface area (Å²) in [5, 5.41) is 0.996. The topological polar surface area (TPSA) is 9.23 Å². The van der Waals surface area contributed by atoms with Gasteiger partial charge in [-0.1, -0.05) is 15.9 Å². The molecule has 0 radical (unpaired) electrons. The molecule has 1 rings (SSSR count). The first-order valence-electron chi connectivity index (χ1n) is 4.19. The van der Waals surface area contributed by atoms with E-state index in [-0.39, 0.29) is 0 Å². The lowest BCUT2D eigenvalue weighted by Gasteiger charge is -2.04. The van der Waals surface area contributed by atoms with Crippen LogP contribution in [0.15, 0.2) is 29.2 Å². The molecule has 0 saturated carbocycles. The Morgan fingerprint density at radius 1 is 1.31 bits per heavy atom. The van der Waals surface area contributed by atoms with Gasteiger partial charge in [0, 0.05) is 10.2 Å². The minimum atomic E-state index is 0.782. The summed E-state index contributed by atoms with van der Waals surface area (Å²) in [7, 11) is 0. The average molecular weight is 261 g/mol. The van der Waals surface area contributed by atoms with E-state index in [0.717, 1.165) is 24.1 Å². The largest absolute Gasteiger partial charge is 0.494 e. The SMILES string of the molecule is CSc1ccc(OCCCBr)cc1. The molecule has 0 fully saturated rings. The maximum Gasteiger partial charge on any atom is 0.119 e. The van der Waals surface area contributed by atoms with E-state index in [1.165, 1.54) is 4.90 Å². The molecule has 0 saturated heterocycles. The number of alkyl halides is 1. The van der Waals surface area contributed by atoms with Crippen LogP contribution < -0.4 is 4.74 Å². The van der Waals surface area contributed by atoms with Crippen molar-refractivity contribution in [1.29, 1.82) is 0 Å². The highest BCUT2D eigenvalue weighted by Crippen LogP contribution is 2.18. The maximum absolute atomic E-state index is 5.51. The molecule has 0 aliphatic carbocycles. The summed E-state index contributed by atoms with van der Waals surface area (Å²) in [6.45, 7) is 0.782. The lowest BCUT2D eigenvalue weighted by molar-refractivity contribution is 0.319. The van der Waals surface area contributed by atoms with Gasteiger partial charge in [0.15, 0.2) is 0 Å². The zero-order chi connectivity index (χ0) is 9.52. The highest BCUT2D eigenvalue weighted by molar-refractivity contribution is 9.09. The lowest BCUT2D eigenvalue weighted by atomic mass is 10.3. The molecule has 0 aromatic heterocycles. The third kappa shape index (κ3) is 4.05. The fourth-order valence-electron chi connectivity index (χ4n) is 0.917. The van der Waals surface area contributed by atoms with Gasteiger partial charge >= 0.3 is 0 Å². The van der Waals surface area contributed by atoms with Crippen LogP contribution in [-0.2, 0) is 0 Å². The molecule has 72 valence electrons. The van der Waals surface area contributed by atoms with Gasteiger partial charge in [0.2, 0.25) is 0 Å². The summed E-state index contributed by atoms with van der Waals surface area (Å²) >= 11 is 5.11. The summed E-state index contributed by atoms with van der Waals surface area (Å²) < 4.78 is 5.51. The van der Waals surface area contributed by atoms with E-state index in [0.29, 0.717) is 0 Å². The van der Waals surface area contributed by atoms with Gasteiger partial charge in [0.05, 0.1) is 6.61 Å². The molecule has 0 aliphatic rings. The normalized spacial score (nSPS) is 10.0. The third-order valence-electron chi connectivity index (χ3n) is 1.61. The molecule has 1 nitrogen and oxygen atoms in total. The minimum absolute atomic E-state index is 0.782. The van der Waals surface area contributed by atoms with E-state index in [4.69, 9.17) is 4.74 Å². The number of thioether (sulfide) groups is 1. The Kier molecular flexibility index (Phi) is 5.32. The molecule has 0 N–H and O–H groups in total. The second-order valence-electron chi connectivity index (χ2n) is 2.57. The second-order valence-corrected chi connectivity index (χ2v) is 4.24. The number of hydrogen-bond acceptors (Lipinski definition) is 2. The zero-order valence-electron chi connectivity index (χ0n) is 7.63. The van der Waals surface area contributed by atoms with Gasteiger partial charge in [-0.05, 0) is 36.9 Å². The van der Waals surface area contributed by atoms with E-state index in [2.05, 4.69) is 34.3 Å². The highest BCUT2D eigenvalue weighted by atomic mass is 79.9. The van der Waals surface area contributed by atoms with Crippen LogP contribution in [0, 0.1) is 0 Å². The van der Waals surface area contributed by atoms with E-state index in [1.807, 2.05) is 12.1 Å². The van der Waals surface area contributed by atoms with Crippen molar-refractivity contribution in [2.45, 2.75) is 11.3 Å². The molecule has 0 unspecified atom stereocenters. The van der Waals surface area contributed by atoms with Crippen molar-refractivity contribution in [3.63, 3.8) is 0 Å². The predicted molar refractivity (Wildman–Crippen MR) is 62.1 cm³/mol. The fourth-order valence-corrected chi connectivity index (χ4v) is 1.55. The Morgan fingerprint density at radius 2 is 2.00 bits per heavy atom. The summed E-state index contributed by atoms with van der Waals surface area (Å²) in [6.07, 6.45) is 3.12. The Balaban J connectivity index is 2.40. The van der Waals surface area contributed by atoms with Gasteiger partial charge in [-0.25, -0.2) is 0 Å². The summed E-state index contributed by atoms with van der Waals surface area (Å²) in [5.41, 5.74) is 0. The van der Waals surface area contributed by atoms with E-state index in [1.54, 1.807) is 11.8 Å². The highest BCUT2D eigenvalue weighted by Gasteiger charge is 1.93. The quantitative estimate of drug-likeness (QED) is 0.455. The van der Waals surface area contributed by atoms with E-state index >= 15 is 0 Å². The van der Waals surface area contributed by atoms with Gasteiger partial charge in [-0.3, -0.25) is 0 Å². The third-order valence-corrected chi connectivity index (χ3v) is 2.91. The summed E-state index contributed by atoms with van der Waals surface area (Å²) in [6, 6.07) is 8.18. The molecule has 3 heteroatoms. The van der Waals surface area contributed by atoms with Crippen LogP contribution in [0.1, 0.15) is 6.42 Å². The number of halogens is 1. The first-order valence-corrected chi connectivity index (χ1v) is 6.54.